The molecule has 0 radical (unpaired) electrons. The molecule has 0 spiro atoms. The first kappa shape index (κ1) is 14.8. The molecule has 2 aromatic rings. The quantitative estimate of drug-likeness (QED) is 0.600. The zero-order valence-corrected chi connectivity index (χ0v) is 12.0. The molecule has 0 heterocycles. The Balaban J connectivity index is 2.13. The van der Waals surface area contributed by atoms with Crippen LogP contribution >= 0.6 is 0 Å². The third-order valence-electron chi connectivity index (χ3n) is 3.04. The zero-order valence-electron chi connectivity index (χ0n) is 12.0. The van der Waals surface area contributed by atoms with Gasteiger partial charge in [-0.05, 0) is 23.6 Å². The molecule has 0 aromatic heterocycles. The van der Waals surface area contributed by atoms with Gasteiger partial charge in [0.15, 0.2) is 0 Å². The van der Waals surface area contributed by atoms with E-state index in [0.29, 0.717) is 12.0 Å². The van der Waals surface area contributed by atoms with Gasteiger partial charge in [-0.1, -0.05) is 72.8 Å². The van der Waals surface area contributed by atoms with E-state index < -0.39 is 0 Å². The van der Waals surface area contributed by atoms with Gasteiger partial charge in [0.05, 0.1) is 7.11 Å². The molecule has 0 aliphatic heterocycles. The van der Waals surface area contributed by atoms with E-state index in [-0.39, 0.29) is 5.97 Å². The van der Waals surface area contributed by atoms with Gasteiger partial charge in [0.1, 0.15) is 0 Å². The molecule has 0 N–H and O–H groups in total. The number of carbonyl (C=O) groups excluding carboxylic acids is 1. The number of benzene rings is 2. The number of hydrogen-bond acceptors (Lipinski definition) is 2. The van der Waals surface area contributed by atoms with Crippen molar-refractivity contribution in [3.8, 4) is 0 Å². The molecule has 0 unspecified atom stereocenters. The van der Waals surface area contributed by atoms with E-state index in [4.69, 9.17) is 4.74 Å². The molecule has 0 saturated heterocycles. The Hall–Kier alpha value is -2.61. The van der Waals surface area contributed by atoms with Crippen molar-refractivity contribution in [3.05, 3.63) is 83.4 Å². The highest BCUT2D eigenvalue weighted by atomic mass is 16.5. The van der Waals surface area contributed by atoms with Crippen molar-refractivity contribution in [3.63, 3.8) is 0 Å². The van der Waals surface area contributed by atoms with Crippen molar-refractivity contribution < 1.29 is 9.53 Å². The van der Waals surface area contributed by atoms with E-state index in [1.807, 2.05) is 78.9 Å². The molecule has 2 aromatic carbocycles. The van der Waals surface area contributed by atoms with Crippen LogP contribution in [0.1, 0.15) is 17.5 Å². The van der Waals surface area contributed by atoms with Crippen molar-refractivity contribution in [1.82, 2.24) is 0 Å². The summed E-state index contributed by atoms with van der Waals surface area (Å²) in [5.74, 6) is -0.295. The smallest absolute Gasteiger partial charge is 0.334 e. The Bertz CT molecular complexity index is 625. The van der Waals surface area contributed by atoms with Crippen LogP contribution in [0.3, 0.4) is 0 Å². The molecule has 0 amide bonds. The Morgan fingerprint density at radius 1 is 0.952 bits per heavy atom. The molecule has 21 heavy (non-hydrogen) atoms. The molecule has 0 fully saturated rings. The Morgan fingerprint density at radius 2 is 1.52 bits per heavy atom. The van der Waals surface area contributed by atoms with Gasteiger partial charge in [0.25, 0.3) is 0 Å². The van der Waals surface area contributed by atoms with Gasteiger partial charge in [-0.3, -0.25) is 0 Å². The maximum atomic E-state index is 11.8. The Labute approximate surface area is 125 Å². The van der Waals surface area contributed by atoms with Crippen LogP contribution in [-0.2, 0) is 9.53 Å². The Morgan fingerprint density at radius 3 is 2.10 bits per heavy atom. The lowest BCUT2D eigenvalue weighted by Crippen LogP contribution is -2.03. The second-order valence-electron chi connectivity index (χ2n) is 4.59. The monoisotopic (exact) mass is 278 g/mol. The van der Waals surface area contributed by atoms with Crippen molar-refractivity contribution in [1.29, 1.82) is 0 Å². The van der Waals surface area contributed by atoms with Gasteiger partial charge in [-0.15, -0.1) is 0 Å². The fourth-order valence-electron chi connectivity index (χ4n) is 1.97. The first-order valence-electron chi connectivity index (χ1n) is 6.85. The highest BCUT2D eigenvalue weighted by Gasteiger charge is 2.07. The third-order valence-corrected chi connectivity index (χ3v) is 3.04. The average molecular weight is 278 g/mol. The molecule has 0 aliphatic carbocycles. The lowest BCUT2D eigenvalue weighted by Gasteiger charge is -2.03. The summed E-state index contributed by atoms with van der Waals surface area (Å²) < 4.78 is 4.85. The molecular weight excluding hydrogens is 260 g/mol. The summed E-state index contributed by atoms with van der Waals surface area (Å²) in [7, 11) is 1.40. The van der Waals surface area contributed by atoms with Gasteiger partial charge in [0.2, 0.25) is 0 Å². The van der Waals surface area contributed by atoms with Crippen LogP contribution in [0.15, 0.2) is 72.3 Å². The predicted octanol–water partition coefficient (Wildman–Crippen LogP) is 4.35. The van der Waals surface area contributed by atoms with Crippen molar-refractivity contribution >= 4 is 18.1 Å². The second-order valence-corrected chi connectivity index (χ2v) is 4.59. The molecule has 0 saturated carbocycles. The first-order valence-corrected chi connectivity index (χ1v) is 6.85. The van der Waals surface area contributed by atoms with Crippen LogP contribution in [0, 0.1) is 0 Å². The lowest BCUT2D eigenvalue weighted by atomic mass is 10.1. The fourth-order valence-corrected chi connectivity index (χ4v) is 1.97. The van der Waals surface area contributed by atoms with Gasteiger partial charge in [0, 0.05) is 5.57 Å². The zero-order chi connectivity index (χ0) is 14.9. The number of allylic oxidation sites excluding steroid dienone is 1. The van der Waals surface area contributed by atoms with Gasteiger partial charge in [-0.25, -0.2) is 4.79 Å². The summed E-state index contributed by atoms with van der Waals surface area (Å²) >= 11 is 0. The number of esters is 1. The minimum Gasteiger partial charge on any atom is -0.466 e. The standard InChI is InChI=1S/C19H18O2/c1-21-19(20)18(15-17-11-6-3-7-12-17)14-8-13-16-9-4-2-5-10-16/h2-13,15H,14H2,1H3/b13-8-,18-15+. The van der Waals surface area contributed by atoms with E-state index in [1.165, 1.54) is 7.11 Å². The highest BCUT2D eigenvalue weighted by molar-refractivity contribution is 5.94. The second kappa shape index (κ2) is 7.85. The minimum absolute atomic E-state index is 0.295. The van der Waals surface area contributed by atoms with Crippen LogP contribution in [0.25, 0.3) is 12.2 Å². The fraction of sp³-hybridized carbons (Fsp3) is 0.105. The van der Waals surface area contributed by atoms with Gasteiger partial charge >= 0.3 is 5.97 Å². The molecule has 0 bridgehead atoms. The topological polar surface area (TPSA) is 26.3 Å². The molecule has 2 rings (SSSR count). The molecule has 106 valence electrons. The van der Waals surface area contributed by atoms with E-state index in [0.717, 1.165) is 11.1 Å². The summed E-state index contributed by atoms with van der Waals surface area (Å²) in [4.78, 5) is 11.8. The summed E-state index contributed by atoms with van der Waals surface area (Å²) in [5.41, 5.74) is 2.74. The maximum absolute atomic E-state index is 11.8. The van der Waals surface area contributed by atoms with Crippen molar-refractivity contribution in [2.45, 2.75) is 6.42 Å². The van der Waals surface area contributed by atoms with Crippen LogP contribution in [0.5, 0.6) is 0 Å². The summed E-state index contributed by atoms with van der Waals surface area (Å²) in [6.07, 6.45) is 6.38. The van der Waals surface area contributed by atoms with Crippen LogP contribution in [0.4, 0.5) is 0 Å². The van der Waals surface area contributed by atoms with Crippen molar-refractivity contribution in [2.24, 2.45) is 0 Å². The number of hydrogen-bond donors (Lipinski definition) is 0. The lowest BCUT2D eigenvalue weighted by molar-refractivity contribution is -0.136. The summed E-state index contributed by atoms with van der Waals surface area (Å²) in [6, 6.07) is 19.8. The number of carbonyl (C=O) groups is 1. The highest BCUT2D eigenvalue weighted by Crippen LogP contribution is 2.13. The number of methoxy groups -OCH3 is 1. The van der Waals surface area contributed by atoms with E-state index in [9.17, 15) is 4.79 Å². The number of rotatable bonds is 5. The molecule has 0 atom stereocenters. The number of ether oxygens (including phenoxy) is 1. The van der Waals surface area contributed by atoms with Crippen molar-refractivity contribution in [2.75, 3.05) is 7.11 Å². The minimum atomic E-state index is -0.295. The SMILES string of the molecule is COC(=O)/C(=C/c1ccccc1)C/C=C\c1ccccc1. The van der Waals surface area contributed by atoms with Crippen LogP contribution in [0.2, 0.25) is 0 Å². The van der Waals surface area contributed by atoms with E-state index in [1.54, 1.807) is 0 Å². The Kier molecular flexibility index (Phi) is 5.53. The van der Waals surface area contributed by atoms with Crippen LogP contribution < -0.4 is 0 Å². The third kappa shape index (κ3) is 4.77. The average Bonchev–Trinajstić information content (AvgIpc) is 2.55. The molecule has 2 heteroatoms. The molecule has 2 nitrogen and oxygen atoms in total. The van der Waals surface area contributed by atoms with E-state index >= 15 is 0 Å². The normalized spacial score (nSPS) is 11.6. The van der Waals surface area contributed by atoms with E-state index in [2.05, 4.69) is 0 Å². The largest absolute Gasteiger partial charge is 0.466 e. The van der Waals surface area contributed by atoms with Gasteiger partial charge < -0.3 is 4.74 Å². The first-order chi connectivity index (χ1) is 10.3. The predicted molar refractivity (Wildman–Crippen MR) is 86.5 cm³/mol. The molecular formula is C19H18O2. The van der Waals surface area contributed by atoms with Gasteiger partial charge in [-0.2, -0.15) is 0 Å². The summed E-state index contributed by atoms with van der Waals surface area (Å²) in [6.45, 7) is 0. The van der Waals surface area contributed by atoms with Crippen LogP contribution in [-0.4, -0.2) is 13.1 Å². The summed E-state index contributed by atoms with van der Waals surface area (Å²) in [5, 5.41) is 0. The maximum Gasteiger partial charge on any atom is 0.334 e. The molecule has 0 aliphatic rings.